The minimum atomic E-state index is 0.373. The van der Waals surface area contributed by atoms with E-state index in [4.69, 9.17) is 4.74 Å². The van der Waals surface area contributed by atoms with E-state index in [9.17, 15) is 0 Å². The fourth-order valence-corrected chi connectivity index (χ4v) is 1.83. The highest BCUT2D eigenvalue weighted by molar-refractivity contribution is 5.86. The third kappa shape index (κ3) is 1.55. The van der Waals surface area contributed by atoms with Crippen LogP contribution in [0.2, 0.25) is 0 Å². The molecule has 0 amide bonds. The normalized spacial score (nSPS) is 20.9. The van der Waals surface area contributed by atoms with Crippen LogP contribution in [0.5, 0.6) is 0 Å². The summed E-state index contributed by atoms with van der Waals surface area (Å²) in [5.74, 6) is 0.886. The van der Waals surface area contributed by atoms with Gasteiger partial charge < -0.3 is 15.0 Å². The molecule has 1 saturated heterocycles. The zero-order valence-corrected chi connectivity index (χ0v) is 8.23. The van der Waals surface area contributed by atoms with Gasteiger partial charge >= 0.3 is 0 Å². The van der Waals surface area contributed by atoms with Crippen molar-refractivity contribution in [1.29, 1.82) is 0 Å². The number of aromatic amines is 1. The number of aromatic nitrogens is 3. The second-order valence-corrected chi connectivity index (χ2v) is 3.67. The van der Waals surface area contributed by atoms with Crippen molar-refractivity contribution in [3.63, 3.8) is 0 Å². The van der Waals surface area contributed by atoms with Crippen LogP contribution < -0.4 is 5.32 Å². The summed E-state index contributed by atoms with van der Waals surface area (Å²) < 4.78 is 5.31. The van der Waals surface area contributed by atoms with E-state index in [0.29, 0.717) is 6.04 Å². The summed E-state index contributed by atoms with van der Waals surface area (Å²) in [6.45, 7) is 1.59. The lowest BCUT2D eigenvalue weighted by Gasteiger charge is -2.11. The van der Waals surface area contributed by atoms with Gasteiger partial charge in [0.1, 0.15) is 17.8 Å². The predicted molar refractivity (Wildman–Crippen MR) is 56.7 cm³/mol. The van der Waals surface area contributed by atoms with Crippen LogP contribution in [0, 0.1) is 0 Å². The molecule has 3 heterocycles. The Bertz CT molecular complexity index is 461. The number of anilines is 1. The smallest absolute Gasteiger partial charge is 0.142 e. The molecular formula is C10H12N4O. The molecule has 0 aliphatic carbocycles. The molecule has 0 spiro atoms. The molecule has 1 aliphatic rings. The van der Waals surface area contributed by atoms with Gasteiger partial charge in [-0.15, -0.1) is 0 Å². The number of nitrogens with one attached hydrogen (secondary N) is 2. The molecule has 0 bridgehead atoms. The molecule has 15 heavy (non-hydrogen) atoms. The van der Waals surface area contributed by atoms with Gasteiger partial charge in [0.05, 0.1) is 18.0 Å². The minimum absolute atomic E-state index is 0.373. The van der Waals surface area contributed by atoms with Crippen molar-refractivity contribution >= 4 is 16.9 Å². The first-order valence-corrected chi connectivity index (χ1v) is 5.06. The standard InChI is InChI=1S/C10H12N4O/c1-3-11-9-8(1)10(13-6-12-9)14-7-2-4-15-5-7/h1,3,6-7H,2,4-5H2,(H2,11,12,13,14). The molecule has 5 nitrogen and oxygen atoms in total. The average Bonchev–Trinajstić information content (AvgIpc) is 2.87. The van der Waals surface area contributed by atoms with Gasteiger partial charge in [-0.1, -0.05) is 0 Å². The molecule has 2 aromatic heterocycles. The van der Waals surface area contributed by atoms with Gasteiger partial charge in [-0.2, -0.15) is 0 Å². The lowest BCUT2D eigenvalue weighted by molar-refractivity contribution is 0.195. The molecule has 0 radical (unpaired) electrons. The third-order valence-electron chi connectivity index (χ3n) is 2.62. The number of rotatable bonds is 2. The fraction of sp³-hybridized carbons (Fsp3) is 0.400. The Hall–Kier alpha value is -1.62. The first kappa shape index (κ1) is 8.67. The van der Waals surface area contributed by atoms with Crippen molar-refractivity contribution in [1.82, 2.24) is 15.0 Å². The highest BCUT2D eigenvalue weighted by Gasteiger charge is 2.16. The van der Waals surface area contributed by atoms with E-state index in [1.807, 2.05) is 12.3 Å². The van der Waals surface area contributed by atoms with Crippen molar-refractivity contribution in [3.05, 3.63) is 18.6 Å². The molecule has 1 aliphatic heterocycles. The van der Waals surface area contributed by atoms with E-state index in [2.05, 4.69) is 20.3 Å². The van der Waals surface area contributed by atoms with E-state index < -0.39 is 0 Å². The maximum absolute atomic E-state index is 5.31. The van der Waals surface area contributed by atoms with Crippen LogP contribution >= 0.6 is 0 Å². The molecule has 2 N–H and O–H groups in total. The molecule has 0 saturated carbocycles. The van der Waals surface area contributed by atoms with Gasteiger partial charge in [-0.3, -0.25) is 0 Å². The number of hydrogen-bond acceptors (Lipinski definition) is 4. The first-order valence-electron chi connectivity index (χ1n) is 5.06. The van der Waals surface area contributed by atoms with E-state index in [0.717, 1.165) is 36.5 Å². The van der Waals surface area contributed by atoms with Crippen molar-refractivity contribution in [2.24, 2.45) is 0 Å². The van der Waals surface area contributed by atoms with Crippen molar-refractivity contribution in [3.8, 4) is 0 Å². The zero-order chi connectivity index (χ0) is 10.1. The van der Waals surface area contributed by atoms with Crippen molar-refractivity contribution < 1.29 is 4.74 Å². The Balaban J connectivity index is 1.92. The zero-order valence-electron chi connectivity index (χ0n) is 8.23. The van der Waals surface area contributed by atoms with Crippen LogP contribution in [0.4, 0.5) is 5.82 Å². The van der Waals surface area contributed by atoms with Gasteiger partial charge in [0.2, 0.25) is 0 Å². The Morgan fingerprint density at radius 2 is 2.47 bits per heavy atom. The molecule has 5 heteroatoms. The predicted octanol–water partition coefficient (Wildman–Crippen LogP) is 1.16. The molecule has 1 fully saturated rings. The Kier molecular flexibility index (Phi) is 2.03. The van der Waals surface area contributed by atoms with Crippen molar-refractivity contribution in [2.45, 2.75) is 12.5 Å². The molecular weight excluding hydrogens is 192 g/mol. The Morgan fingerprint density at radius 3 is 3.33 bits per heavy atom. The minimum Gasteiger partial charge on any atom is -0.379 e. The summed E-state index contributed by atoms with van der Waals surface area (Å²) in [5.41, 5.74) is 0.867. The van der Waals surface area contributed by atoms with E-state index in [-0.39, 0.29) is 0 Å². The lowest BCUT2D eigenvalue weighted by atomic mass is 10.2. The third-order valence-corrected chi connectivity index (χ3v) is 2.62. The number of nitrogens with zero attached hydrogens (tertiary/aromatic N) is 2. The van der Waals surface area contributed by atoms with E-state index in [1.165, 1.54) is 0 Å². The summed E-state index contributed by atoms with van der Waals surface area (Å²) in [6, 6.07) is 2.35. The Labute approximate surface area is 86.9 Å². The number of fused-ring (bicyclic) bond motifs is 1. The summed E-state index contributed by atoms with van der Waals surface area (Å²) in [7, 11) is 0. The first-order chi connectivity index (χ1) is 7.43. The molecule has 1 atom stereocenters. The lowest BCUT2D eigenvalue weighted by Crippen LogP contribution is -2.19. The maximum atomic E-state index is 5.31. The summed E-state index contributed by atoms with van der Waals surface area (Å²) in [4.78, 5) is 11.4. The summed E-state index contributed by atoms with van der Waals surface area (Å²) in [5, 5.41) is 4.41. The fourth-order valence-electron chi connectivity index (χ4n) is 1.83. The second-order valence-electron chi connectivity index (χ2n) is 3.67. The monoisotopic (exact) mass is 204 g/mol. The average molecular weight is 204 g/mol. The van der Waals surface area contributed by atoms with Crippen LogP contribution in [-0.2, 0) is 4.74 Å². The topological polar surface area (TPSA) is 62.8 Å². The van der Waals surface area contributed by atoms with Crippen LogP contribution in [0.25, 0.3) is 11.0 Å². The van der Waals surface area contributed by atoms with Gasteiger partial charge in [0.25, 0.3) is 0 Å². The highest BCUT2D eigenvalue weighted by Crippen LogP contribution is 2.19. The number of hydrogen-bond donors (Lipinski definition) is 2. The highest BCUT2D eigenvalue weighted by atomic mass is 16.5. The number of ether oxygens (including phenoxy) is 1. The van der Waals surface area contributed by atoms with Gasteiger partial charge in [0.15, 0.2) is 0 Å². The molecule has 2 aromatic rings. The van der Waals surface area contributed by atoms with E-state index >= 15 is 0 Å². The molecule has 1 unspecified atom stereocenters. The maximum Gasteiger partial charge on any atom is 0.142 e. The van der Waals surface area contributed by atoms with Gasteiger partial charge in [0, 0.05) is 12.8 Å². The Morgan fingerprint density at radius 1 is 1.47 bits per heavy atom. The molecule has 0 aromatic carbocycles. The quantitative estimate of drug-likeness (QED) is 0.770. The molecule has 3 rings (SSSR count). The van der Waals surface area contributed by atoms with Crippen LogP contribution in [0.15, 0.2) is 18.6 Å². The SMILES string of the molecule is c1nc(NC2CCOC2)c2cc[nH]c2n1. The number of H-pyrrole nitrogens is 1. The summed E-state index contributed by atoms with van der Waals surface area (Å²) in [6.07, 6.45) is 4.47. The van der Waals surface area contributed by atoms with Crippen LogP contribution in [0.1, 0.15) is 6.42 Å². The summed E-state index contributed by atoms with van der Waals surface area (Å²) >= 11 is 0. The van der Waals surface area contributed by atoms with Gasteiger partial charge in [-0.25, -0.2) is 9.97 Å². The largest absolute Gasteiger partial charge is 0.379 e. The van der Waals surface area contributed by atoms with Gasteiger partial charge in [-0.05, 0) is 12.5 Å². The molecule has 78 valence electrons. The van der Waals surface area contributed by atoms with Crippen LogP contribution in [-0.4, -0.2) is 34.2 Å². The van der Waals surface area contributed by atoms with E-state index in [1.54, 1.807) is 6.33 Å². The van der Waals surface area contributed by atoms with Crippen LogP contribution in [0.3, 0.4) is 0 Å². The second kappa shape index (κ2) is 3.51. The van der Waals surface area contributed by atoms with Crippen molar-refractivity contribution in [2.75, 3.05) is 18.5 Å².